The molecular weight excluding hydrogens is 281 g/mol. The van der Waals surface area contributed by atoms with Crippen LogP contribution in [0, 0.1) is 15.9 Å². The molecular formula is C10H10FNO6S. The van der Waals surface area contributed by atoms with Gasteiger partial charge in [-0.2, -0.15) is 0 Å². The van der Waals surface area contributed by atoms with Crippen LogP contribution >= 0.6 is 0 Å². The molecule has 1 heterocycles. The van der Waals surface area contributed by atoms with Gasteiger partial charge in [-0.25, -0.2) is 12.8 Å². The van der Waals surface area contributed by atoms with Gasteiger partial charge in [-0.3, -0.25) is 10.1 Å². The minimum Gasteiger partial charge on any atom is -0.480 e. The molecule has 2 rings (SSSR count). The zero-order valence-corrected chi connectivity index (χ0v) is 10.3. The van der Waals surface area contributed by atoms with Gasteiger partial charge in [-0.05, 0) is 12.1 Å². The number of nitrogens with zero attached hydrogens (tertiary/aromatic N) is 1. The molecule has 0 aromatic heterocycles. The summed E-state index contributed by atoms with van der Waals surface area (Å²) in [4.78, 5) is 9.90. The summed E-state index contributed by atoms with van der Waals surface area (Å²) in [5.41, 5.74) is -0.614. The normalized spacial score (nSPS) is 25.2. The molecule has 1 N–H and O–H groups in total. The van der Waals surface area contributed by atoms with E-state index >= 15 is 0 Å². The van der Waals surface area contributed by atoms with Crippen LogP contribution < -0.4 is 4.74 Å². The Labute approximate surface area is 107 Å². The van der Waals surface area contributed by atoms with Gasteiger partial charge >= 0.3 is 5.69 Å². The molecule has 0 bridgehead atoms. The summed E-state index contributed by atoms with van der Waals surface area (Å²) in [6.45, 7) is 0. The summed E-state index contributed by atoms with van der Waals surface area (Å²) in [7, 11) is -3.42. The Morgan fingerprint density at radius 1 is 1.42 bits per heavy atom. The van der Waals surface area contributed by atoms with Crippen molar-refractivity contribution in [3.05, 3.63) is 34.1 Å². The van der Waals surface area contributed by atoms with Gasteiger partial charge in [0, 0.05) is 0 Å². The maximum absolute atomic E-state index is 12.9. The van der Waals surface area contributed by atoms with Gasteiger partial charge in [0.25, 0.3) is 0 Å². The van der Waals surface area contributed by atoms with E-state index < -0.39 is 50.0 Å². The molecule has 104 valence electrons. The number of rotatable bonds is 3. The van der Waals surface area contributed by atoms with Crippen LogP contribution in [0.15, 0.2) is 18.2 Å². The summed E-state index contributed by atoms with van der Waals surface area (Å²) in [5, 5.41) is 20.3. The number of ether oxygens (including phenoxy) is 1. The number of aliphatic hydroxyl groups excluding tert-OH is 1. The Morgan fingerprint density at radius 2 is 2.11 bits per heavy atom. The van der Waals surface area contributed by atoms with Crippen molar-refractivity contribution in [2.24, 2.45) is 0 Å². The third-order valence-electron chi connectivity index (χ3n) is 2.67. The van der Waals surface area contributed by atoms with Crippen LogP contribution in [-0.4, -0.2) is 42.2 Å². The maximum Gasteiger partial charge on any atom is 0.313 e. The van der Waals surface area contributed by atoms with Crippen LogP contribution in [0.5, 0.6) is 5.75 Å². The SMILES string of the molecule is O=[N+]([O-])c1cc(F)ccc1OC1CS(=O)(=O)CC1O. The second-order valence-electron chi connectivity index (χ2n) is 4.17. The first-order valence-corrected chi connectivity index (χ1v) is 7.10. The minimum absolute atomic E-state index is 0.271. The fourth-order valence-corrected chi connectivity index (χ4v) is 3.47. The van der Waals surface area contributed by atoms with Crippen LogP contribution in [0.25, 0.3) is 0 Å². The molecule has 1 aliphatic heterocycles. The molecule has 1 aliphatic rings. The molecule has 1 fully saturated rings. The average molecular weight is 291 g/mol. The van der Waals surface area contributed by atoms with E-state index in [-0.39, 0.29) is 5.75 Å². The van der Waals surface area contributed by atoms with E-state index in [1.165, 1.54) is 0 Å². The number of nitro benzene ring substituents is 1. The lowest BCUT2D eigenvalue weighted by Crippen LogP contribution is -2.30. The van der Waals surface area contributed by atoms with E-state index in [4.69, 9.17) is 4.74 Å². The van der Waals surface area contributed by atoms with Crippen molar-refractivity contribution >= 4 is 15.5 Å². The molecule has 0 saturated carbocycles. The fourth-order valence-electron chi connectivity index (χ4n) is 1.81. The lowest BCUT2D eigenvalue weighted by molar-refractivity contribution is -0.386. The van der Waals surface area contributed by atoms with Crippen molar-refractivity contribution in [1.29, 1.82) is 0 Å². The molecule has 1 aromatic rings. The number of halogens is 1. The van der Waals surface area contributed by atoms with Gasteiger partial charge in [0.15, 0.2) is 15.6 Å². The summed E-state index contributed by atoms with van der Waals surface area (Å²) in [6.07, 6.45) is -2.34. The molecule has 9 heteroatoms. The van der Waals surface area contributed by atoms with Crippen molar-refractivity contribution in [2.75, 3.05) is 11.5 Å². The van der Waals surface area contributed by atoms with Gasteiger partial charge in [0.1, 0.15) is 18.0 Å². The van der Waals surface area contributed by atoms with Crippen molar-refractivity contribution < 1.29 is 27.6 Å². The number of aliphatic hydroxyl groups is 1. The molecule has 0 radical (unpaired) electrons. The van der Waals surface area contributed by atoms with Crippen molar-refractivity contribution in [2.45, 2.75) is 12.2 Å². The van der Waals surface area contributed by atoms with E-state index in [1.54, 1.807) is 0 Å². The maximum atomic E-state index is 12.9. The Hall–Kier alpha value is -1.74. The monoisotopic (exact) mass is 291 g/mol. The van der Waals surface area contributed by atoms with Gasteiger partial charge in [-0.1, -0.05) is 0 Å². The zero-order chi connectivity index (χ0) is 14.2. The molecule has 1 aromatic carbocycles. The van der Waals surface area contributed by atoms with E-state index in [0.717, 1.165) is 12.1 Å². The van der Waals surface area contributed by atoms with Gasteiger partial charge in [-0.15, -0.1) is 0 Å². The standard InChI is InChI=1S/C10H10FNO6S/c11-6-1-2-9(7(3-6)12(14)15)18-10-5-19(16,17)4-8(10)13/h1-3,8,10,13H,4-5H2. The third kappa shape index (κ3) is 2.99. The molecule has 0 amide bonds. The summed E-state index contributed by atoms with van der Waals surface area (Å²) >= 11 is 0. The Bertz CT molecular complexity index is 616. The molecule has 2 atom stereocenters. The molecule has 7 nitrogen and oxygen atoms in total. The van der Waals surface area contributed by atoms with Crippen LogP contribution in [0.3, 0.4) is 0 Å². The predicted octanol–water partition coefficient (Wildman–Crippen LogP) is 0.271. The summed E-state index contributed by atoms with van der Waals surface area (Å²) in [6, 6.07) is 2.66. The quantitative estimate of drug-likeness (QED) is 0.633. The second kappa shape index (κ2) is 4.74. The van der Waals surface area contributed by atoms with Crippen LogP contribution in [0.4, 0.5) is 10.1 Å². The highest BCUT2D eigenvalue weighted by molar-refractivity contribution is 7.91. The second-order valence-corrected chi connectivity index (χ2v) is 6.32. The van der Waals surface area contributed by atoms with Crippen molar-refractivity contribution in [3.63, 3.8) is 0 Å². The van der Waals surface area contributed by atoms with E-state index in [0.29, 0.717) is 6.07 Å². The topological polar surface area (TPSA) is 107 Å². The molecule has 1 saturated heterocycles. The lowest BCUT2D eigenvalue weighted by atomic mass is 10.2. The van der Waals surface area contributed by atoms with E-state index in [1.807, 2.05) is 0 Å². The van der Waals surface area contributed by atoms with E-state index in [9.17, 15) is 28.0 Å². The average Bonchev–Trinajstić information content (AvgIpc) is 2.54. The number of benzene rings is 1. The largest absolute Gasteiger partial charge is 0.480 e. The van der Waals surface area contributed by atoms with Gasteiger partial charge < -0.3 is 9.84 Å². The highest BCUT2D eigenvalue weighted by Gasteiger charge is 2.39. The molecule has 2 unspecified atom stereocenters. The number of hydrogen-bond acceptors (Lipinski definition) is 6. The first-order chi connectivity index (χ1) is 8.78. The number of hydrogen-bond donors (Lipinski definition) is 1. The summed E-state index contributed by atoms with van der Waals surface area (Å²) < 4.78 is 40.6. The molecule has 0 spiro atoms. The van der Waals surface area contributed by atoms with E-state index in [2.05, 4.69) is 0 Å². The minimum atomic E-state index is -3.42. The van der Waals surface area contributed by atoms with Crippen LogP contribution in [0.2, 0.25) is 0 Å². The van der Waals surface area contributed by atoms with Gasteiger partial charge in [0.2, 0.25) is 0 Å². The van der Waals surface area contributed by atoms with Crippen LogP contribution in [-0.2, 0) is 9.84 Å². The van der Waals surface area contributed by atoms with Crippen molar-refractivity contribution in [1.82, 2.24) is 0 Å². The van der Waals surface area contributed by atoms with Gasteiger partial charge in [0.05, 0.1) is 22.5 Å². The highest BCUT2D eigenvalue weighted by Crippen LogP contribution is 2.30. The smallest absolute Gasteiger partial charge is 0.313 e. The number of nitro groups is 1. The predicted molar refractivity (Wildman–Crippen MR) is 62.1 cm³/mol. The number of sulfone groups is 1. The lowest BCUT2D eigenvalue weighted by Gasteiger charge is -2.15. The Morgan fingerprint density at radius 3 is 2.63 bits per heavy atom. The molecule has 19 heavy (non-hydrogen) atoms. The summed E-state index contributed by atoms with van der Waals surface area (Å²) in [5.74, 6) is -1.96. The Balaban J connectivity index is 2.27. The first kappa shape index (κ1) is 13.7. The van der Waals surface area contributed by atoms with Crippen molar-refractivity contribution in [3.8, 4) is 5.75 Å². The third-order valence-corrected chi connectivity index (χ3v) is 4.35. The first-order valence-electron chi connectivity index (χ1n) is 5.27. The highest BCUT2D eigenvalue weighted by atomic mass is 32.2. The fraction of sp³-hybridized carbons (Fsp3) is 0.400. The zero-order valence-electron chi connectivity index (χ0n) is 9.52. The van der Waals surface area contributed by atoms with Crippen LogP contribution in [0.1, 0.15) is 0 Å². The Kier molecular flexibility index (Phi) is 3.42. The molecule has 0 aliphatic carbocycles.